The second-order valence-electron chi connectivity index (χ2n) is 4.55. The number of nitrogens with two attached hydrogens (primary N) is 1. The minimum Gasteiger partial charge on any atom is -0.381 e. The standard InChI is InChI=1S/C10H17N5O3S/c1-13-4-3-5-15(6-8(13)16)19(17,18)10-9(11)12-7-14(10)2/h7H,3-6,11H2,1-2H3. The molecule has 2 N–H and O–H groups in total. The van der Waals surface area contributed by atoms with E-state index in [1.165, 1.54) is 15.8 Å². The van der Waals surface area contributed by atoms with Crippen molar-refractivity contribution in [1.29, 1.82) is 0 Å². The summed E-state index contributed by atoms with van der Waals surface area (Å²) in [7, 11) is -0.577. The number of hydrogen-bond acceptors (Lipinski definition) is 5. The average molecular weight is 287 g/mol. The van der Waals surface area contributed by atoms with Crippen molar-refractivity contribution in [2.24, 2.45) is 7.05 Å². The zero-order valence-corrected chi connectivity index (χ0v) is 11.7. The van der Waals surface area contributed by atoms with E-state index in [0.29, 0.717) is 19.5 Å². The smallest absolute Gasteiger partial charge is 0.262 e. The summed E-state index contributed by atoms with van der Waals surface area (Å²) < 4.78 is 27.5. The van der Waals surface area contributed by atoms with E-state index in [4.69, 9.17) is 5.73 Å². The molecule has 1 aromatic rings. The van der Waals surface area contributed by atoms with Gasteiger partial charge in [0.25, 0.3) is 10.0 Å². The van der Waals surface area contributed by atoms with Crippen LogP contribution in [0.15, 0.2) is 11.4 Å². The van der Waals surface area contributed by atoms with Gasteiger partial charge in [-0.05, 0) is 6.42 Å². The highest BCUT2D eigenvalue weighted by Gasteiger charge is 2.33. The minimum absolute atomic E-state index is 0.0486. The Bertz CT molecular complexity index is 575. The van der Waals surface area contributed by atoms with Crippen molar-refractivity contribution in [3.63, 3.8) is 0 Å². The Morgan fingerprint density at radius 3 is 2.58 bits per heavy atom. The summed E-state index contributed by atoms with van der Waals surface area (Å²) in [6, 6.07) is 0. The number of rotatable bonds is 2. The van der Waals surface area contributed by atoms with Crippen molar-refractivity contribution in [1.82, 2.24) is 18.8 Å². The second-order valence-corrected chi connectivity index (χ2v) is 6.41. The van der Waals surface area contributed by atoms with Gasteiger partial charge in [-0.1, -0.05) is 0 Å². The van der Waals surface area contributed by atoms with Crippen molar-refractivity contribution in [3.05, 3.63) is 6.33 Å². The number of anilines is 1. The zero-order valence-electron chi connectivity index (χ0n) is 10.9. The lowest BCUT2D eigenvalue weighted by atomic mass is 10.4. The first-order valence-corrected chi connectivity index (χ1v) is 7.29. The molecule has 106 valence electrons. The third-order valence-corrected chi connectivity index (χ3v) is 5.11. The molecule has 0 bridgehead atoms. The predicted molar refractivity (Wildman–Crippen MR) is 68.6 cm³/mol. The van der Waals surface area contributed by atoms with Crippen LogP contribution in [0.1, 0.15) is 6.42 Å². The van der Waals surface area contributed by atoms with Crippen molar-refractivity contribution in [2.45, 2.75) is 11.4 Å². The number of hydrogen-bond donors (Lipinski definition) is 1. The molecule has 0 saturated carbocycles. The van der Waals surface area contributed by atoms with E-state index >= 15 is 0 Å². The van der Waals surface area contributed by atoms with E-state index in [9.17, 15) is 13.2 Å². The molecular weight excluding hydrogens is 270 g/mol. The Kier molecular flexibility index (Phi) is 3.50. The molecule has 0 aromatic carbocycles. The van der Waals surface area contributed by atoms with Crippen molar-refractivity contribution >= 4 is 21.7 Å². The van der Waals surface area contributed by atoms with Crippen LogP contribution in [0, 0.1) is 0 Å². The fraction of sp³-hybridized carbons (Fsp3) is 0.600. The Morgan fingerprint density at radius 2 is 2.00 bits per heavy atom. The molecule has 0 atom stereocenters. The SMILES string of the molecule is CN1CCCN(S(=O)(=O)c2c(N)ncn2C)CC1=O. The van der Waals surface area contributed by atoms with Gasteiger partial charge in [0.1, 0.15) is 0 Å². The quantitative estimate of drug-likeness (QED) is 0.740. The van der Waals surface area contributed by atoms with Crippen LogP contribution in [0.25, 0.3) is 0 Å². The number of carbonyl (C=O) groups is 1. The lowest BCUT2D eigenvalue weighted by molar-refractivity contribution is -0.129. The lowest BCUT2D eigenvalue weighted by Crippen LogP contribution is -2.38. The number of imidazole rings is 1. The fourth-order valence-corrected chi connectivity index (χ4v) is 3.66. The monoisotopic (exact) mass is 287 g/mol. The Labute approximate surface area is 111 Å². The highest BCUT2D eigenvalue weighted by atomic mass is 32.2. The molecule has 0 unspecified atom stereocenters. The number of amides is 1. The fourth-order valence-electron chi connectivity index (χ4n) is 2.04. The van der Waals surface area contributed by atoms with Gasteiger partial charge in [-0.25, -0.2) is 13.4 Å². The van der Waals surface area contributed by atoms with E-state index in [1.807, 2.05) is 0 Å². The first-order chi connectivity index (χ1) is 8.84. The number of aromatic nitrogens is 2. The predicted octanol–water partition coefficient (Wildman–Crippen LogP) is -1.14. The van der Waals surface area contributed by atoms with E-state index in [1.54, 1.807) is 14.1 Å². The largest absolute Gasteiger partial charge is 0.381 e. The van der Waals surface area contributed by atoms with Crippen LogP contribution in [0.5, 0.6) is 0 Å². The molecule has 1 aliphatic rings. The third kappa shape index (κ3) is 2.43. The maximum absolute atomic E-state index is 12.5. The highest BCUT2D eigenvalue weighted by Crippen LogP contribution is 2.21. The number of likely N-dealkylation sites (N-methyl/N-ethyl adjacent to an activating group) is 1. The highest BCUT2D eigenvalue weighted by molar-refractivity contribution is 7.89. The summed E-state index contributed by atoms with van der Waals surface area (Å²) in [4.78, 5) is 17.1. The number of nitrogen functional groups attached to an aromatic ring is 1. The van der Waals surface area contributed by atoms with Gasteiger partial charge in [-0.3, -0.25) is 4.79 Å². The molecule has 2 rings (SSSR count). The van der Waals surface area contributed by atoms with E-state index < -0.39 is 10.0 Å². The van der Waals surface area contributed by atoms with Gasteiger partial charge in [0.15, 0.2) is 10.8 Å². The molecule has 1 amide bonds. The van der Waals surface area contributed by atoms with Crippen LogP contribution in [-0.2, 0) is 21.9 Å². The van der Waals surface area contributed by atoms with Gasteiger partial charge in [0.05, 0.1) is 12.9 Å². The van der Waals surface area contributed by atoms with Gasteiger partial charge in [0.2, 0.25) is 5.91 Å². The molecule has 0 spiro atoms. The molecule has 1 saturated heterocycles. The number of aryl methyl sites for hydroxylation is 1. The Morgan fingerprint density at radius 1 is 1.32 bits per heavy atom. The number of nitrogens with zero attached hydrogens (tertiary/aromatic N) is 4. The first kappa shape index (κ1) is 13.8. The van der Waals surface area contributed by atoms with Crippen LogP contribution >= 0.6 is 0 Å². The lowest BCUT2D eigenvalue weighted by Gasteiger charge is -2.19. The maximum Gasteiger partial charge on any atom is 0.262 e. The van der Waals surface area contributed by atoms with Gasteiger partial charge in [0, 0.05) is 27.2 Å². The molecule has 2 heterocycles. The summed E-state index contributed by atoms with van der Waals surface area (Å²) in [5.41, 5.74) is 5.60. The molecule has 0 radical (unpaired) electrons. The Hall–Kier alpha value is -1.61. The topological polar surface area (TPSA) is 102 Å². The van der Waals surface area contributed by atoms with Crippen LogP contribution < -0.4 is 5.73 Å². The van der Waals surface area contributed by atoms with Gasteiger partial charge < -0.3 is 15.2 Å². The minimum atomic E-state index is -3.80. The molecule has 1 aromatic heterocycles. The molecule has 19 heavy (non-hydrogen) atoms. The molecule has 0 aliphatic carbocycles. The molecule has 1 aliphatic heterocycles. The van der Waals surface area contributed by atoms with Crippen LogP contribution in [0.2, 0.25) is 0 Å². The van der Waals surface area contributed by atoms with E-state index in [2.05, 4.69) is 4.98 Å². The summed E-state index contributed by atoms with van der Waals surface area (Å²) in [5.74, 6) is -0.269. The summed E-state index contributed by atoms with van der Waals surface area (Å²) in [6.45, 7) is 0.679. The Balaban J connectivity index is 2.37. The second kappa shape index (κ2) is 4.82. The van der Waals surface area contributed by atoms with Crippen molar-refractivity contribution in [3.8, 4) is 0 Å². The molecule has 1 fully saturated rings. The van der Waals surface area contributed by atoms with Crippen LogP contribution in [0.4, 0.5) is 5.82 Å². The maximum atomic E-state index is 12.5. The molecule has 8 nitrogen and oxygen atoms in total. The molecular formula is C10H17N5O3S. The number of sulfonamides is 1. The van der Waals surface area contributed by atoms with Gasteiger partial charge in [-0.2, -0.15) is 4.31 Å². The zero-order chi connectivity index (χ0) is 14.2. The summed E-state index contributed by atoms with van der Waals surface area (Å²) in [6.07, 6.45) is 1.94. The third-order valence-electron chi connectivity index (χ3n) is 3.13. The number of carbonyl (C=O) groups excluding carboxylic acids is 1. The van der Waals surface area contributed by atoms with Crippen molar-refractivity contribution < 1.29 is 13.2 Å². The van der Waals surface area contributed by atoms with Crippen LogP contribution in [-0.4, -0.2) is 59.8 Å². The summed E-state index contributed by atoms with van der Waals surface area (Å²) in [5, 5.41) is -0.0650. The molecule has 9 heteroatoms. The van der Waals surface area contributed by atoms with Gasteiger partial charge in [-0.15, -0.1) is 0 Å². The van der Waals surface area contributed by atoms with Gasteiger partial charge >= 0.3 is 0 Å². The van der Waals surface area contributed by atoms with Crippen LogP contribution in [0.3, 0.4) is 0 Å². The average Bonchev–Trinajstić information content (AvgIpc) is 2.57. The summed E-state index contributed by atoms with van der Waals surface area (Å²) >= 11 is 0. The van der Waals surface area contributed by atoms with E-state index in [0.717, 1.165) is 4.31 Å². The first-order valence-electron chi connectivity index (χ1n) is 5.85. The normalized spacial score (nSPS) is 18.6. The van der Waals surface area contributed by atoms with Crippen molar-refractivity contribution in [2.75, 3.05) is 32.4 Å². The van der Waals surface area contributed by atoms with E-state index in [-0.39, 0.29) is 23.3 Å².